The second kappa shape index (κ2) is 8.31. The molecule has 0 spiro atoms. The second-order valence-corrected chi connectivity index (χ2v) is 5.18. The van der Waals surface area contributed by atoms with Crippen LogP contribution in [-0.4, -0.2) is 12.2 Å². The van der Waals surface area contributed by atoms with E-state index in [-0.39, 0.29) is 0 Å². The van der Waals surface area contributed by atoms with Crippen molar-refractivity contribution in [3.05, 3.63) is 90.5 Å². The van der Waals surface area contributed by atoms with Crippen molar-refractivity contribution < 1.29 is 9.53 Å². The summed E-state index contributed by atoms with van der Waals surface area (Å²) in [4.78, 5) is 11.8. The number of nitrogens with one attached hydrogen (secondary N) is 2. The van der Waals surface area contributed by atoms with E-state index in [1.165, 1.54) is 0 Å². The molecular weight excluding hydrogens is 314 g/mol. The molecule has 0 saturated carbocycles. The van der Waals surface area contributed by atoms with Gasteiger partial charge >= 0.3 is 6.03 Å². The third kappa shape index (κ3) is 5.21. The van der Waals surface area contributed by atoms with E-state index in [0.29, 0.717) is 11.4 Å². The summed E-state index contributed by atoms with van der Waals surface area (Å²) in [6, 6.07) is 25.7. The van der Waals surface area contributed by atoms with Gasteiger partial charge in [0.05, 0.1) is 6.21 Å². The van der Waals surface area contributed by atoms with Crippen LogP contribution in [0, 0.1) is 0 Å². The van der Waals surface area contributed by atoms with Crippen LogP contribution in [0.3, 0.4) is 0 Å². The van der Waals surface area contributed by atoms with Gasteiger partial charge in [-0.2, -0.15) is 5.10 Å². The van der Waals surface area contributed by atoms with Crippen LogP contribution in [0.4, 0.5) is 10.5 Å². The highest BCUT2D eigenvalue weighted by molar-refractivity contribution is 5.90. The van der Waals surface area contributed by atoms with Crippen molar-refractivity contribution in [2.45, 2.75) is 0 Å². The van der Waals surface area contributed by atoms with Crippen molar-refractivity contribution in [3.63, 3.8) is 0 Å². The number of hydrogen-bond acceptors (Lipinski definition) is 3. The maximum atomic E-state index is 11.8. The van der Waals surface area contributed by atoms with Gasteiger partial charge in [0, 0.05) is 5.69 Å². The first-order valence-corrected chi connectivity index (χ1v) is 7.78. The highest BCUT2D eigenvalue weighted by Gasteiger charge is 1.99. The van der Waals surface area contributed by atoms with Gasteiger partial charge < -0.3 is 10.1 Å². The molecule has 3 aromatic rings. The molecule has 0 bridgehead atoms. The Hall–Kier alpha value is -3.60. The van der Waals surface area contributed by atoms with E-state index in [1.807, 2.05) is 72.8 Å². The van der Waals surface area contributed by atoms with Crippen molar-refractivity contribution in [1.82, 2.24) is 5.43 Å². The van der Waals surface area contributed by atoms with Crippen molar-refractivity contribution in [2.75, 3.05) is 5.32 Å². The van der Waals surface area contributed by atoms with E-state index in [2.05, 4.69) is 15.8 Å². The van der Waals surface area contributed by atoms with Gasteiger partial charge in [-0.15, -0.1) is 0 Å². The van der Waals surface area contributed by atoms with E-state index in [9.17, 15) is 4.79 Å². The Kier molecular flexibility index (Phi) is 5.40. The number of para-hydroxylation sites is 2. The third-order valence-electron chi connectivity index (χ3n) is 3.25. The van der Waals surface area contributed by atoms with Gasteiger partial charge in [-0.05, 0) is 42.0 Å². The largest absolute Gasteiger partial charge is 0.457 e. The molecule has 25 heavy (non-hydrogen) atoms. The summed E-state index contributed by atoms with van der Waals surface area (Å²) in [6.45, 7) is 0. The fourth-order valence-corrected chi connectivity index (χ4v) is 2.13. The number of nitrogens with zero attached hydrogens (tertiary/aromatic N) is 1. The van der Waals surface area contributed by atoms with E-state index >= 15 is 0 Å². The molecule has 0 aromatic heterocycles. The zero-order valence-corrected chi connectivity index (χ0v) is 13.4. The summed E-state index contributed by atoms with van der Waals surface area (Å²) in [6.07, 6.45) is 1.56. The predicted octanol–water partition coefficient (Wildman–Crippen LogP) is 4.63. The SMILES string of the molecule is O=C(NN=Cc1cccc(Oc2ccccc2)c1)Nc1ccccc1. The zero-order valence-electron chi connectivity index (χ0n) is 13.4. The number of benzene rings is 3. The molecule has 3 rings (SSSR count). The normalized spacial score (nSPS) is 10.4. The third-order valence-corrected chi connectivity index (χ3v) is 3.25. The average molecular weight is 331 g/mol. The molecule has 0 fully saturated rings. The van der Waals surface area contributed by atoms with Gasteiger partial charge in [0.1, 0.15) is 11.5 Å². The molecule has 0 unspecified atom stereocenters. The number of rotatable bonds is 5. The fourth-order valence-electron chi connectivity index (χ4n) is 2.13. The van der Waals surface area contributed by atoms with Gasteiger partial charge in [0.25, 0.3) is 0 Å². The lowest BCUT2D eigenvalue weighted by Crippen LogP contribution is -2.24. The Morgan fingerprint density at radius 1 is 0.840 bits per heavy atom. The van der Waals surface area contributed by atoms with Gasteiger partial charge in [-0.3, -0.25) is 0 Å². The maximum Gasteiger partial charge on any atom is 0.339 e. The van der Waals surface area contributed by atoms with E-state index in [4.69, 9.17) is 4.74 Å². The zero-order chi connectivity index (χ0) is 17.3. The fraction of sp³-hybridized carbons (Fsp3) is 0. The Balaban J connectivity index is 1.56. The van der Waals surface area contributed by atoms with Crippen LogP contribution in [-0.2, 0) is 0 Å². The molecule has 0 aliphatic heterocycles. The van der Waals surface area contributed by atoms with Crippen molar-refractivity contribution in [2.24, 2.45) is 5.10 Å². The average Bonchev–Trinajstić information content (AvgIpc) is 2.64. The van der Waals surface area contributed by atoms with Crippen LogP contribution in [0.25, 0.3) is 0 Å². The number of ether oxygens (including phenoxy) is 1. The molecule has 0 radical (unpaired) electrons. The van der Waals surface area contributed by atoms with E-state index in [1.54, 1.807) is 18.3 Å². The maximum absolute atomic E-state index is 11.8. The molecule has 124 valence electrons. The first kappa shape index (κ1) is 16.3. The standard InChI is InChI=1S/C20H17N3O2/c24-20(22-17-9-3-1-4-10-17)23-21-15-16-8-7-13-19(14-16)25-18-11-5-2-6-12-18/h1-15H,(H2,22,23,24). The van der Waals surface area contributed by atoms with Gasteiger partial charge in [-0.1, -0.05) is 48.5 Å². The highest BCUT2D eigenvalue weighted by atomic mass is 16.5. The minimum atomic E-state index is -0.404. The highest BCUT2D eigenvalue weighted by Crippen LogP contribution is 2.21. The first-order valence-electron chi connectivity index (χ1n) is 7.78. The summed E-state index contributed by atoms with van der Waals surface area (Å²) in [5.74, 6) is 1.46. The van der Waals surface area contributed by atoms with Crippen molar-refractivity contribution in [3.8, 4) is 11.5 Å². The summed E-state index contributed by atoms with van der Waals surface area (Å²) < 4.78 is 5.76. The van der Waals surface area contributed by atoms with Crippen LogP contribution < -0.4 is 15.5 Å². The Bertz CT molecular complexity index is 849. The van der Waals surface area contributed by atoms with Crippen LogP contribution in [0.15, 0.2) is 90.0 Å². The molecule has 2 amide bonds. The quantitative estimate of drug-likeness (QED) is 0.529. The number of urea groups is 1. The monoisotopic (exact) mass is 331 g/mol. The van der Waals surface area contributed by atoms with Crippen LogP contribution in [0.5, 0.6) is 11.5 Å². The molecule has 0 saturated heterocycles. The lowest BCUT2D eigenvalue weighted by Gasteiger charge is -2.06. The van der Waals surface area contributed by atoms with Gasteiger partial charge in [0.15, 0.2) is 0 Å². The summed E-state index contributed by atoms with van der Waals surface area (Å²) >= 11 is 0. The predicted molar refractivity (Wildman–Crippen MR) is 99.1 cm³/mol. The first-order chi connectivity index (χ1) is 12.3. The Morgan fingerprint density at radius 2 is 1.52 bits per heavy atom. The number of anilines is 1. The number of hydrogen-bond donors (Lipinski definition) is 2. The number of hydrazone groups is 1. The number of carbonyl (C=O) groups is 1. The summed E-state index contributed by atoms with van der Waals surface area (Å²) in [5, 5.41) is 6.63. The second-order valence-electron chi connectivity index (χ2n) is 5.18. The van der Waals surface area contributed by atoms with Crippen LogP contribution in [0.1, 0.15) is 5.56 Å². The smallest absolute Gasteiger partial charge is 0.339 e. The molecule has 5 heteroatoms. The summed E-state index contributed by atoms with van der Waals surface area (Å²) in [5.41, 5.74) is 3.94. The Morgan fingerprint density at radius 3 is 2.28 bits per heavy atom. The van der Waals surface area contributed by atoms with Gasteiger partial charge in [-0.25, -0.2) is 10.2 Å². The van der Waals surface area contributed by atoms with Crippen LogP contribution >= 0.6 is 0 Å². The van der Waals surface area contributed by atoms with Crippen molar-refractivity contribution >= 4 is 17.9 Å². The minimum Gasteiger partial charge on any atom is -0.457 e. The Labute approximate surface area is 146 Å². The summed E-state index contributed by atoms with van der Waals surface area (Å²) in [7, 11) is 0. The number of carbonyl (C=O) groups excluding carboxylic acids is 1. The lowest BCUT2D eigenvalue weighted by atomic mass is 10.2. The molecule has 3 aromatic carbocycles. The van der Waals surface area contributed by atoms with Crippen LogP contribution in [0.2, 0.25) is 0 Å². The molecule has 5 nitrogen and oxygen atoms in total. The topological polar surface area (TPSA) is 62.7 Å². The van der Waals surface area contributed by atoms with Crippen molar-refractivity contribution in [1.29, 1.82) is 0 Å². The molecule has 2 N–H and O–H groups in total. The molecule has 0 atom stereocenters. The van der Waals surface area contributed by atoms with E-state index < -0.39 is 6.03 Å². The lowest BCUT2D eigenvalue weighted by molar-refractivity contribution is 0.252. The minimum absolute atomic E-state index is 0.404. The molecule has 0 aliphatic carbocycles. The molecule has 0 aliphatic rings. The number of amides is 2. The van der Waals surface area contributed by atoms with E-state index in [0.717, 1.165) is 11.3 Å². The molecular formula is C20H17N3O2. The molecule has 0 heterocycles. The van der Waals surface area contributed by atoms with Gasteiger partial charge in [0.2, 0.25) is 0 Å².